The second kappa shape index (κ2) is 5.32. The molecule has 2 N–H and O–H groups in total. The molecule has 1 unspecified atom stereocenters. The second-order valence-corrected chi connectivity index (χ2v) is 4.16. The van der Waals surface area contributed by atoms with Crippen molar-refractivity contribution in [1.82, 2.24) is 4.90 Å². The molecule has 1 aliphatic heterocycles. The number of amides is 1. The maximum atomic E-state index is 11.6. The molecule has 0 aromatic carbocycles. The Hall–Kier alpha value is -0.810. The Morgan fingerprint density at radius 2 is 2.13 bits per heavy atom. The first-order chi connectivity index (χ1) is 7.05. The first-order valence-corrected chi connectivity index (χ1v) is 5.33. The van der Waals surface area contributed by atoms with E-state index in [0.29, 0.717) is 26.3 Å². The maximum Gasteiger partial charge on any atom is 0.409 e. The summed E-state index contributed by atoms with van der Waals surface area (Å²) in [6, 6.07) is 0. The monoisotopic (exact) mass is 216 g/mol. The normalized spacial score (nSPS) is 20.9. The van der Waals surface area contributed by atoms with Crippen LogP contribution in [0.25, 0.3) is 0 Å². The van der Waals surface area contributed by atoms with E-state index >= 15 is 0 Å². The molecule has 5 nitrogen and oxygen atoms in total. The fraction of sp³-hybridized carbons (Fsp3) is 0.900. The van der Waals surface area contributed by atoms with Crippen LogP contribution in [0.3, 0.4) is 0 Å². The molecule has 0 aromatic heterocycles. The number of hydrogen-bond donors (Lipinski definition) is 1. The minimum absolute atomic E-state index is 0.264. The number of morpholine rings is 1. The van der Waals surface area contributed by atoms with Gasteiger partial charge in [-0.25, -0.2) is 4.79 Å². The molecule has 15 heavy (non-hydrogen) atoms. The summed E-state index contributed by atoms with van der Waals surface area (Å²) < 4.78 is 10.3. The molecule has 1 saturated heterocycles. The van der Waals surface area contributed by atoms with Crippen LogP contribution in [0.5, 0.6) is 0 Å². The van der Waals surface area contributed by atoms with Gasteiger partial charge in [-0.05, 0) is 13.3 Å². The van der Waals surface area contributed by atoms with Gasteiger partial charge in [0.05, 0.1) is 13.2 Å². The van der Waals surface area contributed by atoms with Crippen LogP contribution < -0.4 is 5.73 Å². The Morgan fingerprint density at radius 1 is 1.53 bits per heavy atom. The Bertz CT molecular complexity index is 213. The van der Waals surface area contributed by atoms with E-state index in [9.17, 15) is 4.79 Å². The number of rotatable bonds is 3. The minimum Gasteiger partial charge on any atom is -0.447 e. The summed E-state index contributed by atoms with van der Waals surface area (Å²) in [5.74, 6) is 0. The Labute approximate surface area is 90.5 Å². The van der Waals surface area contributed by atoms with Gasteiger partial charge < -0.3 is 20.1 Å². The lowest BCUT2D eigenvalue weighted by Gasteiger charge is -2.28. The standard InChI is InChI=1S/C10H20N2O3/c1-3-10(2,11)8-15-9(13)12-4-6-14-7-5-12/h3-8,11H2,1-2H3. The van der Waals surface area contributed by atoms with Gasteiger partial charge in [0.1, 0.15) is 6.61 Å². The minimum atomic E-state index is -0.429. The summed E-state index contributed by atoms with van der Waals surface area (Å²) >= 11 is 0. The zero-order valence-corrected chi connectivity index (χ0v) is 9.49. The van der Waals surface area contributed by atoms with E-state index < -0.39 is 5.54 Å². The van der Waals surface area contributed by atoms with E-state index in [2.05, 4.69) is 0 Å². The molecule has 1 heterocycles. The van der Waals surface area contributed by atoms with Gasteiger partial charge in [-0.1, -0.05) is 6.92 Å². The molecule has 0 bridgehead atoms. The van der Waals surface area contributed by atoms with Crippen LogP contribution in [-0.2, 0) is 9.47 Å². The summed E-state index contributed by atoms with van der Waals surface area (Å²) in [5.41, 5.74) is 5.44. The highest BCUT2D eigenvalue weighted by Crippen LogP contribution is 2.07. The van der Waals surface area contributed by atoms with Gasteiger partial charge in [0, 0.05) is 18.6 Å². The second-order valence-electron chi connectivity index (χ2n) is 4.16. The zero-order valence-electron chi connectivity index (χ0n) is 9.49. The highest BCUT2D eigenvalue weighted by molar-refractivity contribution is 5.67. The summed E-state index contributed by atoms with van der Waals surface area (Å²) in [6.45, 7) is 6.49. The quantitative estimate of drug-likeness (QED) is 0.749. The van der Waals surface area contributed by atoms with Crippen molar-refractivity contribution in [1.29, 1.82) is 0 Å². The molecule has 1 fully saturated rings. The molecule has 1 atom stereocenters. The van der Waals surface area contributed by atoms with Gasteiger partial charge in [-0.3, -0.25) is 0 Å². The van der Waals surface area contributed by atoms with E-state index in [1.807, 2.05) is 13.8 Å². The average molecular weight is 216 g/mol. The van der Waals surface area contributed by atoms with Crippen LogP contribution >= 0.6 is 0 Å². The number of ether oxygens (including phenoxy) is 2. The van der Waals surface area contributed by atoms with E-state index in [0.717, 1.165) is 6.42 Å². The van der Waals surface area contributed by atoms with Crippen molar-refractivity contribution >= 4 is 6.09 Å². The number of nitrogens with two attached hydrogens (primary N) is 1. The van der Waals surface area contributed by atoms with Gasteiger partial charge in [-0.15, -0.1) is 0 Å². The third-order valence-electron chi connectivity index (χ3n) is 2.60. The van der Waals surface area contributed by atoms with Crippen molar-refractivity contribution < 1.29 is 14.3 Å². The SMILES string of the molecule is CCC(C)(N)COC(=O)N1CCOCC1. The van der Waals surface area contributed by atoms with Crippen LogP contribution in [0.2, 0.25) is 0 Å². The molecule has 5 heteroatoms. The largest absolute Gasteiger partial charge is 0.447 e. The maximum absolute atomic E-state index is 11.6. The number of carbonyl (C=O) groups is 1. The van der Waals surface area contributed by atoms with Crippen molar-refractivity contribution in [3.05, 3.63) is 0 Å². The molecule has 0 spiro atoms. The molecule has 1 rings (SSSR count). The predicted molar refractivity (Wildman–Crippen MR) is 56.6 cm³/mol. The Morgan fingerprint density at radius 3 is 2.67 bits per heavy atom. The van der Waals surface area contributed by atoms with Crippen LogP contribution in [0.4, 0.5) is 4.79 Å². The number of hydrogen-bond acceptors (Lipinski definition) is 4. The molecule has 0 saturated carbocycles. The zero-order chi connectivity index (χ0) is 11.3. The smallest absolute Gasteiger partial charge is 0.409 e. The highest BCUT2D eigenvalue weighted by atomic mass is 16.6. The lowest BCUT2D eigenvalue weighted by Crippen LogP contribution is -2.45. The van der Waals surface area contributed by atoms with Gasteiger partial charge in [0.2, 0.25) is 0 Å². The molecule has 0 aromatic rings. The van der Waals surface area contributed by atoms with E-state index in [1.54, 1.807) is 4.90 Å². The lowest BCUT2D eigenvalue weighted by molar-refractivity contribution is 0.0215. The average Bonchev–Trinajstić information content (AvgIpc) is 2.27. The Kier molecular flexibility index (Phi) is 4.35. The van der Waals surface area contributed by atoms with Crippen LogP contribution in [0, 0.1) is 0 Å². The summed E-state index contributed by atoms with van der Waals surface area (Å²) in [5, 5.41) is 0. The molecular formula is C10H20N2O3. The number of nitrogens with zero attached hydrogens (tertiary/aromatic N) is 1. The third kappa shape index (κ3) is 4.05. The van der Waals surface area contributed by atoms with Crippen molar-refractivity contribution in [3.63, 3.8) is 0 Å². The summed E-state index contributed by atoms with van der Waals surface area (Å²) in [7, 11) is 0. The molecule has 88 valence electrons. The first-order valence-electron chi connectivity index (χ1n) is 5.33. The Balaban J connectivity index is 2.28. The molecule has 1 amide bonds. The van der Waals surface area contributed by atoms with Crippen molar-refractivity contribution in [3.8, 4) is 0 Å². The predicted octanol–water partition coefficient (Wildman–Crippen LogP) is 0.583. The molecular weight excluding hydrogens is 196 g/mol. The van der Waals surface area contributed by atoms with Crippen molar-refractivity contribution in [2.45, 2.75) is 25.8 Å². The van der Waals surface area contributed by atoms with Gasteiger partial charge in [0.25, 0.3) is 0 Å². The van der Waals surface area contributed by atoms with E-state index in [-0.39, 0.29) is 12.7 Å². The fourth-order valence-electron chi connectivity index (χ4n) is 1.17. The number of carbonyl (C=O) groups excluding carboxylic acids is 1. The fourth-order valence-corrected chi connectivity index (χ4v) is 1.17. The first kappa shape index (κ1) is 12.3. The highest BCUT2D eigenvalue weighted by Gasteiger charge is 2.22. The molecule has 0 radical (unpaired) electrons. The molecule has 0 aliphatic carbocycles. The lowest BCUT2D eigenvalue weighted by atomic mass is 10.0. The summed E-state index contributed by atoms with van der Waals surface area (Å²) in [6.07, 6.45) is 0.493. The van der Waals surface area contributed by atoms with E-state index in [4.69, 9.17) is 15.2 Å². The third-order valence-corrected chi connectivity index (χ3v) is 2.60. The van der Waals surface area contributed by atoms with Crippen LogP contribution in [0.1, 0.15) is 20.3 Å². The van der Waals surface area contributed by atoms with E-state index in [1.165, 1.54) is 0 Å². The van der Waals surface area contributed by atoms with Crippen molar-refractivity contribution in [2.24, 2.45) is 5.73 Å². The van der Waals surface area contributed by atoms with Gasteiger partial charge >= 0.3 is 6.09 Å². The summed E-state index contributed by atoms with van der Waals surface area (Å²) in [4.78, 5) is 13.2. The molecule has 1 aliphatic rings. The van der Waals surface area contributed by atoms with Gasteiger partial charge in [-0.2, -0.15) is 0 Å². The van der Waals surface area contributed by atoms with Crippen LogP contribution in [0.15, 0.2) is 0 Å². The van der Waals surface area contributed by atoms with Crippen LogP contribution in [-0.4, -0.2) is 49.4 Å². The van der Waals surface area contributed by atoms with Gasteiger partial charge in [0.15, 0.2) is 0 Å². The topological polar surface area (TPSA) is 64.8 Å². The van der Waals surface area contributed by atoms with Crippen molar-refractivity contribution in [2.75, 3.05) is 32.9 Å².